The summed E-state index contributed by atoms with van der Waals surface area (Å²) in [6.45, 7) is 5.12. The van der Waals surface area contributed by atoms with E-state index in [0.29, 0.717) is 12.5 Å². The highest BCUT2D eigenvalue weighted by Gasteiger charge is 2.26. The van der Waals surface area contributed by atoms with Crippen LogP contribution in [-0.2, 0) is 11.2 Å². The average molecular weight is 290 g/mol. The zero-order valence-electron chi connectivity index (χ0n) is 13.4. The van der Waals surface area contributed by atoms with Gasteiger partial charge in [-0.3, -0.25) is 9.79 Å². The van der Waals surface area contributed by atoms with Crippen molar-refractivity contribution in [2.45, 2.75) is 20.3 Å². The Bertz CT molecular complexity index is 468. The standard InChI is InChI=1S/C16H26N4O/c1-16(2,14(21)17-3)12-20-15(18-4)19-11-10-13-8-6-5-7-9-13/h5-9H,10-12H2,1-4H3,(H,17,21)(H2,18,19,20). The molecule has 116 valence electrons. The van der Waals surface area contributed by atoms with E-state index in [4.69, 9.17) is 0 Å². The molecule has 0 atom stereocenters. The number of nitrogens with zero attached hydrogens (tertiary/aromatic N) is 1. The Morgan fingerprint density at radius 3 is 2.43 bits per heavy atom. The van der Waals surface area contributed by atoms with Crippen molar-refractivity contribution in [1.82, 2.24) is 16.0 Å². The second kappa shape index (κ2) is 8.29. The summed E-state index contributed by atoms with van der Waals surface area (Å²) in [7, 11) is 3.38. The van der Waals surface area contributed by atoms with E-state index >= 15 is 0 Å². The maximum absolute atomic E-state index is 11.7. The molecule has 1 amide bonds. The Kier molecular flexibility index (Phi) is 6.72. The highest BCUT2D eigenvalue weighted by molar-refractivity contribution is 5.84. The van der Waals surface area contributed by atoms with Gasteiger partial charge in [-0.15, -0.1) is 0 Å². The minimum absolute atomic E-state index is 0.00902. The molecule has 0 saturated heterocycles. The summed E-state index contributed by atoms with van der Waals surface area (Å²) in [6.07, 6.45) is 0.931. The van der Waals surface area contributed by atoms with Gasteiger partial charge in [-0.2, -0.15) is 0 Å². The SMILES string of the molecule is CN=C(NCCc1ccccc1)NCC(C)(C)C(=O)NC. The number of aliphatic imine (C=N–C) groups is 1. The van der Waals surface area contributed by atoms with E-state index in [0.717, 1.165) is 13.0 Å². The number of hydrogen-bond acceptors (Lipinski definition) is 2. The summed E-state index contributed by atoms with van der Waals surface area (Å²) >= 11 is 0. The predicted octanol–water partition coefficient (Wildman–Crippen LogP) is 1.17. The van der Waals surface area contributed by atoms with Gasteiger partial charge in [0.05, 0.1) is 5.41 Å². The lowest BCUT2D eigenvalue weighted by Crippen LogP contribution is -2.47. The van der Waals surface area contributed by atoms with Crippen LogP contribution in [0.5, 0.6) is 0 Å². The fourth-order valence-electron chi connectivity index (χ4n) is 1.91. The maximum atomic E-state index is 11.7. The van der Waals surface area contributed by atoms with Crippen LogP contribution in [0.1, 0.15) is 19.4 Å². The zero-order valence-corrected chi connectivity index (χ0v) is 13.4. The molecule has 1 rings (SSSR count). The molecule has 3 N–H and O–H groups in total. The van der Waals surface area contributed by atoms with Crippen molar-refractivity contribution in [3.05, 3.63) is 35.9 Å². The normalized spacial score (nSPS) is 11.9. The van der Waals surface area contributed by atoms with Crippen LogP contribution >= 0.6 is 0 Å². The number of hydrogen-bond donors (Lipinski definition) is 3. The highest BCUT2D eigenvalue weighted by Crippen LogP contribution is 2.12. The van der Waals surface area contributed by atoms with Gasteiger partial charge in [-0.1, -0.05) is 30.3 Å². The Morgan fingerprint density at radius 2 is 1.86 bits per heavy atom. The fourth-order valence-corrected chi connectivity index (χ4v) is 1.91. The molecule has 5 heteroatoms. The molecule has 0 heterocycles. The van der Waals surface area contributed by atoms with E-state index in [-0.39, 0.29) is 5.91 Å². The van der Waals surface area contributed by atoms with E-state index in [1.54, 1.807) is 14.1 Å². The van der Waals surface area contributed by atoms with Gasteiger partial charge in [0.1, 0.15) is 0 Å². The van der Waals surface area contributed by atoms with Crippen molar-refractivity contribution >= 4 is 11.9 Å². The quantitative estimate of drug-likeness (QED) is 0.544. The molecule has 1 aromatic rings. The average Bonchev–Trinajstić information content (AvgIpc) is 2.50. The smallest absolute Gasteiger partial charge is 0.227 e. The molecule has 0 aliphatic rings. The van der Waals surface area contributed by atoms with Crippen LogP contribution in [0.2, 0.25) is 0 Å². The third-order valence-electron chi connectivity index (χ3n) is 3.31. The van der Waals surface area contributed by atoms with Gasteiger partial charge in [0.15, 0.2) is 5.96 Å². The number of nitrogens with one attached hydrogen (secondary N) is 3. The van der Waals surface area contributed by atoms with Crippen LogP contribution in [-0.4, -0.2) is 39.1 Å². The van der Waals surface area contributed by atoms with Gasteiger partial charge in [0, 0.05) is 27.2 Å². The summed E-state index contributed by atoms with van der Waals surface area (Å²) in [4.78, 5) is 15.9. The third kappa shape index (κ3) is 5.85. The molecule has 0 saturated carbocycles. The van der Waals surface area contributed by atoms with Gasteiger partial charge < -0.3 is 16.0 Å². The van der Waals surface area contributed by atoms with Gasteiger partial charge in [-0.25, -0.2) is 0 Å². The first-order chi connectivity index (χ1) is 9.99. The largest absolute Gasteiger partial charge is 0.359 e. The Labute approximate surface area is 127 Å². The minimum atomic E-state index is -0.480. The number of amides is 1. The summed E-state index contributed by atoms with van der Waals surface area (Å²) in [5.41, 5.74) is 0.803. The molecule has 0 radical (unpaired) electrons. The van der Waals surface area contributed by atoms with Crippen molar-refractivity contribution in [2.75, 3.05) is 27.2 Å². The topological polar surface area (TPSA) is 65.5 Å². The van der Waals surface area contributed by atoms with Gasteiger partial charge >= 0.3 is 0 Å². The van der Waals surface area contributed by atoms with E-state index in [1.807, 2.05) is 32.0 Å². The van der Waals surface area contributed by atoms with Crippen molar-refractivity contribution in [3.63, 3.8) is 0 Å². The third-order valence-corrected chi connectivity index (χ3v) is 3.31. The number of guanidine groups is 1. The summed E-state index contributed by atoms with van der Waals surface area (Å²) in [5.74, 6) is 0.720. The number of carbonyl (C=O) groups excluding carboxylic acids is 1. The first kappa shape index (κ1) is 17.0. The first-order valence-electron chi connectivity index (χ1n) is 7.20. The van der Waals surface area contributed by atoms with E-state index in [2.05, 4.69) is 33.1 Å². The monoisotopic (exact) mass is 290 g/mol. The van der Waals surface area contributed by atoms with Gasteiger partial charge in [0.25, 0.3) is 0 Å². The molecule has 0 fully saturated rings. The van der Waals surface area contributed by atoms with Crippen LogP contribution in [0.4, 0.5) is 0 Å². The van der Waals surface area contributed by atoms with E-state index in [9.17, 15) is 4.79 Å². The lowest BCUT2D eigenvalue weighted by atomic mass is 9.92. The Hall–Kier alpha value is -2.04. The summed E-state index contributed by atoms with van der Waals surface area (Å²) < 4.78 is 0. The lowest BCUT2D eigenvalue weighted by molar-refractivity contribution is -0.128. The number of rotatable bonds is 6. The number of carbonyl (C=O) groups is 1. The number of benzene rings is 1. The van der Waals surface area contributed by atoms with E-state index < -0.39 is 5.41 Å². The summed E-state index contributed by atoms with van der Waals surface area (Å²) in [6, 6.07) is 10.3. The van der Waals surface area contributed by atoms with Crippen LogP contribution < -0.4 is 16.0 Å². The van der Waals surface area contributed by atoms with Crippen LogP contribution in [0, 0.1) is 5.41 Å². The predicted molar refractivity (Wildman–Crippen MR) is 87.4 cm³/mol. The van der Waals surface area contributed by atoms with E-state index in [1.165, 1.54) is 5.56 Å². The molecule has 5 nitrogen and oxygen atoms in total. The lowest BCUT2D eigenvalue weighted by Gasteiger charge is -2.24. The molecule has 0 unspecified atom stereocenters. The molecule has 0 spiro atoms. The molecule has 1 aromatic carbocycles. The minimum Gasteiger partial charge on any atom is -0.359 e. The second-order valence-corrected chi connectivity index (χ2v) is 5.55. The molecular formula is C16H26N4O. The van der Waals surface area contributed by atoms with Gasteiger partial charge in [0.2, 0.25) is 5.91 Å². The fraction of sp³-hybridized carbons (Fsp3) is 0.500. The molecule has 21 heavy (non-hydrogen) atoms. The van der Waals surface area contributed by atoms with Crippen LogP contribution in [0.15, 0.2) is 35.3 Å². The first-order valence-corrected chi connectivity index (χ1v) is 7.20. The van der Waals surface area contributed by atoms with Crippen molar-refractivity contribution in [3.8, 4) is 0 Å². The molecular weight excluding hydrogens is 264 g/mol. The van der Waals surface area contributed by atoms with Crippen molar-refractivity contribution in [1.29, 1.82) is 0 Å². The molecule has 0 aliphatic heterocycles. The molecule has 0 aliphatic carbocycles. The Balaban J connectivity index is 2.37. The van der Waals surface area contributed by atoms with Crippen LogP contribution in [0.25, 0.3) is 0 Å². The van der Waals surface area contributed by atoms with Crippen LogP contribution in [0.3, 0.4) is 0 Å². The highest BCUT2D eigenvalue weighted by atomic mass is 16.2. The second-order valence-electron chi connectivity index (χ2n) is 5.55. The summed E-state index contributed by atoms with van der Waals surface area (Å²) in [5, 5.41) is 9.12. The Morgan fingerprint density at radius 1 is 1.19 bits per heavy atom. The van der Waals surface area contributed by atoms with Crippen molar-refractivity contribution in [2.24, 2.45) is 10.4 Å². The molecule has 0 bridgehead atoms. The zero-order chi connectivity index (χ0) is 15.7. The van der Waals surface area contributed by atoms with Crippen molar-refractivity contribution < 1.29 is 4.79 Å². The molecule has 0 aromatic heterocycles. The maximum Gasteiger partial charge on any atom is 0.227 e. The van der Waals surface area contributed by atoms with Gasteiger partial charge in [-0.05, 0) is 25.8 Å².